The molecule has 0 N–H and O–H groups in total. The monoisotopic (exact) mass is 279 g/mol. The van der Waals surface area contributed by atoms with E-state index >= 15 is 0 Å². The third kappa shape index (κ3) is 4.39. The van der Waals surface area contributed by atoms with Gasteiger partial charge in [-0.3, -0.25) is 4.79 Å². The van der Waals surface area contributed by atoms with Gasteiger partial charge in [-0.15, -0.1) is 0 Å². The van der Waals surface area contributed by atoms with Crippen LogP contribution >= 0.6 is 0 Å². The molecule has 1 aliphatic rings. The molecule has 0 saturated heterocycles. The largest absolute Gasteiger partial charge is 0.465 e. The first-order valence-electron chi connectivity index (χ1n) is 7.32. The van der Waals surface area contributed by atoms with E-state index in [0.29, 0.717) is 18.4 Å². The third-order valence-corrected chi connectivity index (χ3v) is 4.17. The Morgan fingerprint density at radius 2 is 1.70 bits per heavy atom. The SMILES string of the molecule is CC(=O)OCC(C)(C)C(C)C1C=CN(C(C)(C)C)C=C1. The number of hydrogen-bond donors (Lipinski definition) is 0. The highest BCUT2D eigenvalue weighted by molar-refractivity contribution is 5.65. The van der Waals surface area contributed by atoms with Crippen molar-refractivity contribution in [3.05, 3.63) is 24.6 Å². The zero-order chi connectivity index (χ0) is 15.6. The highest BCUT2D eigenvalue weighted by atomic mass is 16.5. The van der Waals surface area contributed by atoms with Crippen LogP contribution in [-0.4, -0.2) is 23.0 Å². The maximum atomic E-state index is 11.0. The van der Waals surface area contributed by atoms with Gasteiger partial charge in [-0.2, -0.15) is 0 Å². The molecule has 0 aromatic carbocycles. The molecule has 1 atom stereocenters. The molecule has 0 aromatic rings. The Labute approximate surface area is 123 Å². The summed E-state index contributed by atoms with van der Waals surface area (Å²) in [7, 11) is 0. The van der Waals surface area contributed by atoms with Crippen LogP contribution in [0.3, 0.4) is 0 Å². The van der Waals surface area contributed by atoms with Crippen LogP contribution in [0.1, 0.15) is 48.5 Å². The lowest BCUT2D eigenvalue weighted by atomic mass is 9.73. The molecule has 1 unspecified atom stereocenters. The van der Waals surface area contributed by atoms with E-state index in [9.17, 15) is 4.79 Å². The zero-order valence-electron chi connectivity index (χ0n) is 13.9. The topological polar surface area (TPSA) is 29.5 Å². The number of ether oxygens (including phenoxy) is 1. The van der Waals surface area contributed by atoms with E-state index in [1.54, 1.807) is 0 Å². The van der Waals surface area contributed by atoms with E-state index in [1.807, 2.05) is 0 Å². The minimum atomic E-state index is -0.209. The summed E-state index contributed by atoms with van der Waals surface area (Å²) in [6.45, 7) is 15.0. The molecule has 1 rings (SSSR count). The molecule has 3 nitrogen and oxygen atoms in total. The van der Waals surface area contributed by atoms with Crippen LogP contribution in [0.4, 0.5) is 0 Å². The van der Waals surface area contributed by atoms with Gasteiger partial charge in [0.25, 0.3) is 0 Å². The number of nitrogens with zero attached hydrogens (tertiary/aromatic N) is 1. The number of esters is 1. The van der Waals surface area contributed by atoms with Crippen LogP contribution in [0.5, 0.6) is 0 Å². The highest BCUT2D eigenvalue weighted by Gasteiger charge is 2.32. The normalized spacial score (nSPS) is 18.2. The molecule has 0 aromatic heterocycles. The summed E-state index contributed by atoms with van der Waals surface area (Å²) in [5, 5.41) is 0. The Kier molecular flexibility index (Phi) is 5.06. The van der Waals surface area contributed by atoms with Crippen molar-refractivity contribution >= 4 is 5.97 Å². The number of carbonyl (C=O) groups is 1. The molecule has 1 aliphatic heterocycles. The van der Waals surface area contributed by atoms with Crippen molar-refractivity contribution in [1.82, 2.24) is 4.90 Å². The number of allylic oxidation sites excluding steroid dienone is 2. The van der Waals surface area contributed by atoms with Gasteiger partial charge in [-0.1, -0.05) is 32.9 Å². The second kappa shape index (κ2) is 6.02. The molecule has 0 spiro atoms. The van der Waals surface area contributed by atoms with Gasteiger partial charge in [0.05, 0.1) is 6.61 Å². The van der Waals surface area contributed by atoms with E-state index in [4.69, 9.17) is 4.74 Å². The molecule has 0 bridgehead atoms. The molecule has 0 aliphatic carbocycles. The van der Waals surface area contributed by atoms with Crippen molar-refractivity contribution in [2.45, 2.75) is 54.0 Å². The predicted molar refractivity (Wildman–Crippen MR) is 82.9 cm³/mol. The number of rotatable bonds is 4. The lowest BCUT2D eigenvalue weighted by Gasteiger charge is -2.38. The average Bonchev–Trinajstić information content (AvgIpc) is 2.35. The Morgan fingerprint density at radius 1 is 1.20 bits per heavy atom. The standard InChI is InChI=1S/C17H29NO2/c1-13(17(6,7)12-20-14(2)19)15-8-10-18(11-9-15)16(3,4)5/h8-11,13,15H,12H2,1-7H3. The van der Waals surface area contributed by atoms with Gasteiger partial charge in [0.1, 0.15) is 0 Å². The third-order valence-electron chi connectivity index (χ3n) is 4.17. The number of carbonyl (C=O) groups excluding carboxylic acids is 1. The van der Waals surface area contributed by atoms with E-state index in [2.05, 4.69) is 71.0 Å². The minimum absolute atomic E-state index is 0.0467. The smallest absolute Gasteiger partial charge is 0.302 e. The van der Waals surface area contributed by atoms with Gasteiger partial charge in [-0.05, 0) is 26.7 Å². The summed E-state index contributed by atoms with van der Waals surface area (Å²) >= 11 is 0. The summed E-state index contributed by atoms with van der Waals surface area (Å²) in [6.07, 6.45) is 8.79. The minimum Gasteiger partial charge on any atom is -0.465 e. The first-order chi connectivity index (χ1) is 9.04. The van der Waals surface area contributed by atoms with Crippen molar-refractivity contribution < 1.29 is 9.53 Å². The Hall–Kier alpha value is -1.25. The van der Waals surface area contributed by atoms with Crippen LogP contribution in [0, 0.1) is 17.3 Å². The fourth-order valence-electron chi connectivity index (χ4n) is 2.22. The molecule has 1 heterocycles. The van der Waals surface area contributed by atoms with E-state index in [-0.39, 0.29) is 16.9 Å². The molecule has 0 radical (unpaired) electrons. The Morgan fingerprint density at radius 3 is 2.10 bits per heavy atom. The van der Waals surface area contributed by atoms with Crippen molar-refractivity contribution in [3.63, 3.8) is 0 Å². The predicted octanol–water partition coefficient (Wildman–Crippen LogP) is 3.97. The summed E-state index contributed by atoms with van der Waals surface area (Å²) in [5.74, 6) is 0.564. The van der Waals surface area contributed by atoms with Crippen molar-refractivity contribution in [3.8, 4) is 0 Å². The molecule has 0 amide bonds. The van der Waals surface area contributed by atoms with E-state index in [1.165, 1.54) is 6.92 Å². The van der Waals surface area contributed by atoms with E-state index in [0.717, 1.165) is 0 Å². The second-order valence-corrected chi connectivity index (χ2v) is 7.40. The summed E-state index contributed by atoms with van der Waals surface area (Å²) in [5.41, 5.74) is 0.0589. The van der Waals surface area contributed by atoms with Crippen molar-refractivity contribution in [2.24, 2.45) is 17.3 Å². The second-order valence-electron chi connectivity index (χ2n) is 7.40. The molecule has 3 heteroatoms. The lowest BCUT2D eigenvalue weighted by Crippen LogP contribution is -2.37. The first-order valence-corrected chi connectivity index (χ1v) is 7.32. The van der Waals surface area contributed by atoms with Crippen LogP contribution in [0.2, 0.25) is 0 Å². The molecule has 0 fully saturated rings. The maximum Gasteiger partial charge on any atom is 0.302 e. The van der Waals surface area contributed by atoms with Crippen molar-refractivity contribution in [1.29, 1.82) is 0 Å². The zero-order valence-corrected chi connectivity index (χ0v) is 13.9. The molecule has 20 heavy (non-hydrogen) atoms. The van der Waals surface area contributed by atoms with Crippen LogP contribution in [-0.2, 0) is 9.53 Å². The average molecular weight is 279 g/mol. The Bertz CT molecular complexity index is 388. The molecular weight excluding hydrogens is 250 g/mol. The summed E-state index contributed by atoms with van der Waals surface area (Å²) in [6, 6.07) is 0. The lowest BCUT2D eigenvalue weighted by molar-refractivity contribution is -0.145. The van der Waals surface area contributed by atoms with Gasteiger partial charge in [0.15, 0.2) is 0 Å². The van der Waals surface area contributed by atoms with Gasteiger partial charge in [0, 0.05) is 36.2 Å². The molecule has 114 valence electrons. The summed E-state index contributed by atoms with van der Waals surface area (Å²) in [4.78, 5) is 13.2. The van der Waals surface area contributed by atoms with Gasteiger partial charge >= 0.3 is 5.97 Å². The number of hydrogen-bond acceptors (Lipinski definition) is 3. The molecular formula is C17H29NO2. The highest BCUT2D eigenvalue weighted by Crippen LogP contribution is 2.36. The van der Waals surface area contributed by atoms with E-state index < -0.39 is 0 Å². The quantitative estimate of drug-likeness (QED) is 0.729. The Balaban J connectivity index is 2.68. The van der Waals surface area contributed by atoms with Gasteiger partial charge in [0.2, 0.25) is 0 Å². The van der Waals surface area contributed by atoms with Gasteiger partial charge < -0.3 is 9.64 Å². The van der Waals surface area contributed by atoms with Crippen LogP contribution < -0.4 is 0 Å². The fourth-order valence-corrected chi connectivity index (χ4v) is 2.22. The van der Waals surface area contributed by atoms with Crippen molar-refractivity contribution in [2.75, 3.05) is 6.61 Å². The molecule has 0 saturated carbocycles. The van der Waals surface area contributed by atoms with Crippen LogP contribution in [0.25, 0.3) is 0 Å². The summed E-state index contributed by atoms with van der Waals surface area (Å²) < 4.78 is 5.20. The first kappa shape index (κ1) is 16.8. The maximum absolute atomic E-state index is 11.0. The van der Waals surface area contributed by atoms with Gasteiger partial charge in [-0.25, -0.2) is 0 Å². The van der Waals surface area contributed by atoms with Crippen LogP contribution in [0.15, 0.2) is 24.6 Å². The fraction of sp³-hybridized carbons (Fsp3) is 0.706.